The number of hydrogen-bond donors (Lipinski definition) is 4. The molecule has 25 heavy (non-hydrogen) atoms. The Morgan fingerprint density at radius 1 is 1.16 bits per heavy atom. The monoisotopic (exact) mass is 344 g/mol. The largest absolute Gasteiger partial charge is 0.357 e. The van der Waals surface area contributed by atoms with Crippen molar-refractivity contribution in [3.05, 3.63) is 35.9 Å². The summed E-state index contributed by atoms with van der Waals surface area (Å²) in [6, 6.07) is 9.59. The molecule has 4 unspecified atom stereocenters. The lowest BCUT2D eigenvalue weighted by molar-refractivity contribution is -0.129. The summed E-state index contributed by atoms with van der Waals surface area (Å²) in [5, 5.41) is 5.51. The first-order valence-corrected chi connectivity index (χ1v) is 9.26. The van der Waals surface area contributed by atoms with Gasteiger partial charge in [-0.3, -0.25) is 20.4 Å². The second-order valence-electron chi connectivity index (χ2n) is 7.01. The van der Waals surface area contributed by atoms with Crippen LogP contribution in [0.4, 0.5) is 0 Å². The molecule has 1 saturated carbocycles. The van der Waals surface area contributed by atoms with Crippen LogP contribution in [0.2, 0.25) is 0 Å². The molecule has 1 heterocycles. The molecule has 2 amide bonds. The maximum atomic E-state index is 12.4. The number of fused-ring (bicyclic) bond motifs is 1. The number of hydrazine groups is 1. The minimum atomic E-state index is -0.643. The highest BCUT2D eigenvalue weighted by molar-refractivity contribution is 5.88. The van der Waals surface area contributed by atoms with Crippen molar-refractivity contribution in [3.8, 4) is 0 Å². The Morgan fingerprint density at radius 2 is 1.92 bits per heavy atom. The lowest BCUT2D eigenvalue weighted by Gasteiger charge is -2.27. The van der Waals surface area contributed by atoms with Crippen molar-refractivity contribution in [2.45, 2.75) is 56.7 Å². The number of rotatable bonds is 6. The average Bonchev–Trinajstić information content (AvgIpc) is 3.08. The van der Waals surface area contributed by atoms with Gasteiger partial charge in [0.25, 0.3) is 0 Å². The van der Waals surface area contributed by atoms with E-state index in [1.807, 2.05) is 30.3 Å². The number of nitrogens with one attached hydrogen (secondary N) is 4. The van der Waals surface area contributed by atoms with Gasteiger partial charge in [0.2, 0.25) is 11.8 Å². The molecule has 1 aliphatic heterocycles. The first kappa shape index (κ1) is 17.9. The first-order chi connectivity index (χ1) is 12.2. The molecule has 1 aliphatic carbocycles. The second-order valence-corrected chi connectivity index (χ2v) is 7.01. The van der Waals surface area contributed by atoms with Gasteiger partial charge in [0.1, 0.15) is 6.04 Å². The van der Waals surface area contributed by atoms with Crippen molar-refractivity contribution in [2.24, 2.45) is 5.92 Å². The molecule has 3 rings (SSSR count). The van der Waals surface area contributed by atoms with Gasteiger partial charge in [-0.1, -0.05) is 43.2 Å². The summed E-state index contributed by atoms with van der Waals surface area (Å²) in [5.74, 6) is 0.330. The maximum Gasteiger partial charge on any atom is 0.246 e. The van der Waals surface area contributed by atoms with E-state index in [0.29, 0.717) is 24.4 Å². The van der Waals surface area contributed by atoms with Crippen LogP contribution in [0.5, 0.6) is 0 Å². The van der Waals surface area contributed by atoms with Crippen LogP contribution >= 0.6 is 0 Å². The Hall–Kier alpha value is -1.92. The van der Waals surface area contributed by atoms with E-state index in [1.54, 1.807) is 7.05 Å². The fourth-order valence-corrected chi connectivity index (χ4v) is 4.04. The van der Waals surface area contributed by atoms with Gasteiger partial charge < -0.3 is 10.6 Å². The Labute approximate surface area is 149 Å². The number of amides is 2. The first-order valence-electron chi connectivity index (χ1n) is 9.26. The van der Waals surface area contributed by atoms with Crippen molar-refractivity contribution in [3.63, 3.8) is 0 Å². The lowest BCUT2D eigenvalue weighted by Crippen LogP contribution is -2.40. The second kappa shape index (κ2) is 8.45. The van der Waals surface area contributed by atoms with Crippen LogP contribution in [0.25, 0.3) is 0 Å². The highest BCUT2D eigenvalue weighted by atomic mass is 16.2. The summed E-state index contributed by atoms with van der Waals surface area (Å²) in [7, 11) is 1.59. The molecule has 136 valence electrons. The number of carbonyl (C=O) groups is 2. The molecule has 1 aromatic carbocycles. The molecule has 0 spiro atoms. The molecule has 2 aliphatic rings. The molecule has 6 nitrogen and oxygen atoms in total. The smallest absolute Gasteiger partial charge is 0.246 e. The predicted octanol–water partition coefficient (Wildman–Crippen LogP) is 1.41. The molecular weight excluding hydrogens is 316 g/mol. The van der Waals surface area contributed by atoms with Crippen LogP contribution < -0.4 is 21.5 Å². The number of hydrogen-bond acceptors (Lipinski definition) is 4. The van der Waals surface area contributed by atoms with E-state index >= 15 is 0 Å². The Bertz CT molecular complexity index is 592. The van der Waals surface area contributed by atoms with E-state index in [1.165, 1.54) is 25.7 Å². The summed E-state index contributed by atoms with van der Waals surface area (Å²) in [6.07, 6.45) is 6.21. The average molecular weight is 344 g/mol. The summed E-state index contributed by atoms with van der Waals surface area (Å²) in [6.45, 7) is 0. The Kier molecular flexibility index (Phi) is 6.04. The fraction of sp³-hybridized carbons (Fsp3) is 0.579. The van der Waals surface area contributed by atoms with Crippen molar-refractivity contribution in [1.82, 2.24) is 21.5 Å². The fourth-order valence-electron chi connectivity index (χ4n) is 4.04. The predicted molar refractivity (Wildman–Crippen MR) is 96.4 cm³/mol. The Balaban J connectivity index is 1.54. The van der Waals surface area contributed by atoms with Gasteiger partial charge in [0.15, 0.2) is 0 Å². The zero-order valence-electron chi connectivity index (χ0n) is 14.8. The SMILES string of the molecule is CNC(=O)C(NC(=O)CCC1NNC2CCCCC21)c1ccccc1. The zero-order chi connectivity index (χ0) is 17.6. The molecule has 4 N–H and O–H groups in total. The molecular formula is C19H28N4O2. The van der Waals surface area contributed by atoms with Gasteiger partial charge >= 0.3 is 0 Å². The third-order valence-corrected chi connectivity index (χ3v) is 5.42. The van der Waals surface area contributed by atoms with Gasteiger partial charge in [-0.05, 0) is 30.7 Å². The van der Waals surface area contributed by atoms with Gasteiger partial charge in [-0.15, -0.1) is 0 Å². The molecule has 1 aromatic rings. The van der Waals surface area contributed by atoms with E-state index in [2.05, 4.69) is 21.5 Å². The zero-order valence-corrected chi connectivity index (χ0v) is 14.8. The van der Waals surface area contributed by atoms with Gasteiger partial charge in [-0.25, -0.2) is 0 Å². The highest BCUT2D eigenvalue weighted by Crippen LogP contribution is 2.31. The van der Waals surface area contributed by atoms with E-state index < -0.39 is 6.04 Å². The normalized spacial score (nSPS) is 26.5. The molecule has 4 atom stereocenters. The van der Waals surface area contributed by atoms with Gasteiger partial charge in [-0.2, -0.15) is 0 Å². The van der Waals surface area contributed by atoms with Gasteiger partial charge in [0.05, 0.1) is 0 Å². The summed E-state index contributed by atoms with van der Waals surface area (Å²) < 4.78 is 0. The third kappa shape index (κ3) is 4.38. The van der Waals surface area contributed by atoms with Crippen LogP contribution in [-0.4, -0.2) is 30.9 Å². The molecule has 0 radical (unpaired) electrons. The molecule has 2 fully saturated rings. The Morgan fingerprint density at radius 3 is 2.68 bits per heavy atom. The van der Waals surface area contributed by atoms with Crippen molar-refractivity contribution >= 4 is 11.8 Å². The molecule has 0 bridgehead atoms. The van der Waals surface area contributed by atoms with Crippen molar-refractivity contribution < 1.29 is 9.59 Å². The van der Waals surface area contributed by atoms with E-state index in [0.717, 1.165) is 12.0 Å². The van der Waals surface area contributed by atoms with Crippen molar-refractivity contribution in [2.75, 3.05) is 7.05 Å². The molecule has 6 heteroatoms. The summed E-state index contributed by atoms with van der Waals surface area (Å²) in [4.78, 5) is 24.6. The standard InChI is InChI=1S/C19H28N4O2/c1-20-19(25)18(13-7-3-2-4-8-13)21-17(24)12-11-16-14-9-5-6-10-15(14)22-23-16/h2-4,7-8,14-16,18,22-23H,5-6,9-12H2,1H3,(H,20,25)(H,21,24). The van der Waals surface area contributed by atoms with E-state index in [4.69, 9.17) is 0 Å². The topological polar surface area (TPSA) is 82.3 Å². The quantitative estimate of drug-likeness (QED) is 0.629. The maximum absolute atomic E-state index is 12.4. The van der Waals surface area contributed by atoms with Crippen molar-refractivity contribution in [1.29, 1.82) is 0 Å². The summed E-state index contributed by atoms with van der Waals surface area (Å²) >= 11 is 0. The summed E-state index contributed by atoms with van der Waals surface area (Å²) in [5.41, 5.74) is 7.54. The third-order valence-electron chi connectivity index (χ3n) is 5.42. The van der Waals surface area contributed by atoms with Gasteiger partial charge in [0, 0.05) is 25.6 Å². The number of likely N-dealkylation sites (N-methyl/N-ethyl adjacent to an activating group) is 1. The molecule has 1 saturated heterocycles. The highest BCUT2D eigenvalue weighted by Gasteiger charge is 2.37. The lowest BCUT2D eigenvalue weighted by atomic mass is 9.80. The van der Waals surface area contributed by atoms with E-state index in [9.17, 15) is 9.59 Å². The van der Waals surface area contributed by atoms with Crippen LogP contribution in [0.3, 0.4) is 0 Å². The van der Waals surface area contributed by atoms with Crippen LogP contribution in [0.1, 0.15) is 50.1 Å². The van der Waals surface area contributed by atoms with Crippen LogP contribution in [0, 0.1) is 5.92 Å². The van der Waals surface area contributed by atoms with Crippen LogP contribution in [-0.2, 0) is 9.59 Å². The minimum absolute atomic E-state index is 0.0847. The number of benzene rings is 1. The number of carbonyl (C=O) groups excluding carboxylic acids is 2. The van der Waals surface area contributed by atoms with Crippen LogP contribution in [0.15, 0.2) is 30.3 Å². The minimum Gasteiger partial charge on any atom is -0.357 e. The van der Waals surface area contributed by atoms with E-state index in [-0.39, 0.29) is 11.8 Å². The molecule has 0 aromatic heterocycles.